The zero-order chi connectivity index (χ0) is 20.4. The first kappa shape index (κ1) is 22.3. The maximum Gasteiger partial charge on any atom is 0.191 e. The highest BCUT2D eigenvalue weighted by Crippen LogP contribution is 2.22. The maximum absolute atomic E-state index is 12.3. The highest BCUT2D eigenvalue weighted by atomic mass is 32.2. The Bertz CT molecular complexity index is 882. The van der Waals surface area contributed by atoms with Crippen LogP contribution in [0.15, 0.2) is 63.3 Å². The molecule has 0 saturated heterocycles. The second-order valence-electron chi connectivity index (χ2n) is 6.42. The van der Waals surface area contributed by atoms with Gasteiger partial charge in [0.05, 0.1) is 17.2 Å². The Morgan fingerprint density at radius 3 is 2.54 bits per heavy atom. The van der Waals surface area contributed by atoms with E-state index >= 15 is 0 Å². The van der Waals surface area contributed by atoms with Gasteiger partial charge >= 0.3 is 0 Å². The van der Waals surface area contributed by atoms with Gasteiger partial charge in [-0.15, -0.1) is 11.8 Å². The normalized spacial score (nSPS) is 12.0. The summed E-state index contributed by atoms with van der Waals surface area (Å²) in [6.07, 6.45) is 2.58. The highest BCUT2D eigenvalue weighted by Gasteiger charge is 2.13. The third-order valence-corrected chi connectivity index (χ3v) is 6.82. The van der Waals surface area contributed by atoms with E-state index in [1.165, 1.54) is 16.0 Å². The van der Waals surface area contributed by atoms with Crippen LogP contribution in [0.25, 0.3) is 0 Å². The van der Waals surface area contributed by atoms with E-state index < -0.39 is 9.84 Å². The molecule has 0 aromatic heterocycles. The quantitative estimate of drug-likeness (QED) is 0.281. The van der Waals surface area contributed by atoms with Gasteiger partial charge in [-0.1, -0.05) is 30.3 Å². The van der Waals surface area contributed by atoms with Gasteiger partial charge in [-0.25, -0.2) is 13.4 Å². The summed E-state index contributed by atoms with van der Waals surface area (Å²) in [6, 6.07) is 15.0. The van der Waals surface area contributed by atoms with Gasteiger partial charge in [-0.05, 0) is 55.9 Å². The Morgan fingerprint density at radius 2 is 1.86 bits per heavy atom. The van der Waals surface area contributed by atoms with E-state index in [4.69, 9.17) is 0 Å². The van der Waals surface area contributed by atoms with Crippen LogP contribution in [0.2, 0.25) is 0 Å². The monoisotopic (exact) mass is 419 g/mol. The molecular formula is C21H29N3O2S2. The summed E-state index contributed by atoms with van der Waals surface area (Å²) in [4.78, 5) is 6.25. The van der Waals surface area contributed by atoms with Crippen LogP contribution in [0.5, 0.6) is 0 Å². The molecule has 0 saturated carbocycles. The standard InChI is InChI=1S/C21H29N3O2S2/c1-4-22-21(24-16-18-12-11-17(2)15-20(18)27-3)23-13-8-14-28(25,26)19-9-6-5-7-10-19/h5-7,9-12,15H,4,8,13-14,16H2,1-3H3,(H2,22,23,24). The van der Waals surface area contributed by atoms with Gasteiger partial charge in [0.15, 0.2) is 15.8 Å². The molecule has 0 aliphatic carbocycles. The van der Waals surface area contributed by atoms with E-state index in [0.29, 0.717) is 30.4 Å². The summed E-state index contributed by atoms with van der Waals surface area (Å²) in [6.45, 7) is 5.96. The number of thioether (sulfide) groups is 1. The summed E-state index contributed by atoms with van der Waals surface area (Å²) < 4.78 is 24.7. The molecule has 0 unspecified atom stereocenters. The lowest BCUT2D eigenvalue weighted by atomic mass is 10.1. The summed E-state index contributed by atoms with van der Waals surface area (Å²) in [5.74, 6) is 0.810. The number of aryl methyl sites for hydroxylation is 1. The molecule has 5 nitrogen and oxygen atoms in total. The summed E-state index contributed by atoms with van der Waals surface area (Å²) in [5, 5.41) is 6.45. The molecule has 0 fully saturated rings. The number of hydrogen-bond donors (Lipinski definition) is 2. The predicted octanol–water partition coefficient (Wildman–Crippen LogP) is 3.64. The molecule has 152 valence electrons. The zero-order valence-corrected chi connectivity index (χ0v) is 18.4. The van der Waals surface area contributed by atoms with E-state index in [2.05, 4.69) is 47.0 Å². The first-order valence-corrected chi connectivity index (χ1v) is 12.3. The third-order valence-electron chi connectivity index (χ3n) is 4.18. The third kappa shape index (κ3) is 6.87. The topological polar surface area (TPSA) is 70.6 Å². The van der Waals surface area contributed by atoms with E-state index in [0.717, 1.165) is 6.54 Å². The number of sulfone groups is 1. The van der Waals surface area contributed by atoms with E-state index in [9.17, 15) is 8.42 Å². The maximum atomic E-state index is 12.3. The average Bonchev–Trinajstić information content (AvgIpc) is 2.70. The Balaban J connectivity index is 1.91. The number of rotatable bonds is 9. The minimum absolute atomic E-state index is 0.109. The molecule has 0 bridgehead atoms. The minimum Gasteiger partial charge on any atom is -0.357 e. The van der Waals surface area contributed by atoms with E-state index in [1.54, 1.807) is 36.0 Å². The van der Waals surface area contributed by atoms with Gasteiger partial charge in [0.25, 0.3) is 0 Å². The second-order valence-corrected chi connectivity index (χ2v) is 9.38. The molecule has 0 radical (unpaired) electrons. The fourth-order valence-electron chi connectivity index (χ4n) is 2.70. The fraction of sp³-hybridized carbons (Fsp3) is 0.381. The van der Waals surface area contributed by atoms with Crippen molar-refractivity contribution in [1.29, 1.82) is 0 Å². The van der Waals surface area contributed by atoms with Crippen molar-refractivity contribution in [3.05, 3.63) is 59.7 Å². The Hall–Kier alpha value is -1.99. The smallest absolute Gasteiger partial charge is 0.191 e. The van der Waals surface area contributed by atoms with Crippen molar-refractivity contribution < 1.29 is 8.42 Å². The van der Waals surface area contributed by atoms with Crippen molar-refractivity contribution in [2.24, 2.45) is 4.99 Å². The molecule has 7 heteroatoms. The van der Waals surface area contributed by atoms with Gasteiger partial charge in [-0.2, -0.15) is 0 Å². The number of guanidine groups is 1. The van der Waals surface area contributed by atoms with Crippen LogP contribution in [-0.2, 0) is 16.4 Å². The van der Waals surface area contributed by atoms with Gasteiger partial charge in [0, 0.05) is 18.0 Å². The molecule has 0 spiro atoms. The van der Waals surface area contributed by atoms with Crippen molar-refractivity contribution in [3.8, 4) is 0 Å². The Labute approximate surface area is 173 Å². The van der Waals surface area contributed by atoms with Crippen molar-refractivity contribution >= 4 is 27.6 Å². The number of benzene rings is 2. The molecule has 28 heavy (non-hydrogen) atoms. The van der Waals surface area contributed by atoms with Crippen LogP contribution in [0, 0.1) is 6.92 Å². The minimum atomic E-state index is -3.24. The SMILES string of the molecule is CCNC(=NCc1ccc(C)cc1SC)NCCCS(=O)(=O)c1ccccc1. The molecule has 0 amide bonds. The van der Waals surface area contributed by atoms with Gasteiger partial charge in [0.2, 0.25) is 0 Å². The van der Waals surface area contributed by atoms with Crippen LogP contribution in [-0.4, -0.2) is 39.5 Å². The van der Waals surface area contributed by atoms with Crippen molar-refractivity contribution in [1.82, 2.24) is 10.6 Å². The van der Waals surface area contributed by atoms with Gasteiger partial charge < -0.3 is 10.6 Å². The fourth-order valence-corrected chi connectivity index (χ4v) is 4.73. The van der Waals surface area contributed by atoms with Crippen molar-refractivity contribution in [2.75, 3.05) is 25.1 Å². The summed E-state index contributed by atoms with van der Waals surface area (Å²) >= 11 is 1.72. The zero-order valence-electron chi connectivity index (χ0n) is 16.7. The lowest BCUT2D eigenvalue weighted by Gasteiger charge is -2.12. The lowest BCUT2D eigenvalue weighted by molar-refractivity contribution is 0.592. The predicted molar refractivity (Wildman–Crippen MR) is 119 cm³/mol. The van der Waals surface area contributed by atoms with Gasteiger partial charge in [0.1, 0.15) is 0 Å². The second kappa shape index (κ2) is 11.1. The molecule has 0 heterocycles. The molecule has 2 aromatic rings. The van der Waals surface area contributed by atoms with Crippen LogP contribution in [0.3, 0.4) is 0 Å². The van der Waals surface area contributed by atoms with E-state index in [1.807, 2.05) is 13.0 Å². The Morgan fingerprint density at radius 1 is 1.11 bits per heavy atom. The largest absolute Gasteiger partial charge is 0.357 e. The van der Waals surface area contributed by atoms with Crippen LogP contribution < -0.4 is 10.6 Å². The van der Waals surface area contributed by atoms with Gasteiger partial charge in [-0.3, -0.25) is 0 Å². The molecule has 2 rings (SSSR count). The molecular weight excluding hydrogens is 390 g/mol. The number of aliphatic imine (C=N–C) groups is 1. The number of nitrogens with zero attached hydrogens (tertiary/aromatic N) is 1. The van der Waals surface area contributed by atoms with Crippen LogP contribution >= 0.6 is 11.8 Å². The van der Waals surface area contributed by atoms with Crippen molar-refractivity contribution in [2.45, 2.75) is 36.6 Å². The average molecular weight is 420 g/mol. The number of nitrogens with one attached hydrogen (secondary N) is 2. The Kier molecular flexibility index (Phi) is 8.86. The number of hydrogen-bond acceptors (Lipinski definition) is 4. The first-order valence-electron chi connectivity index (χ1n) is 9.39. The molecule has 0 aliphatic heterocycles. The van der Waals surface area contributed by atoms with E-state index in [-0.39, 0.29) is 5.75 Å². The first-order chi connectivity index (χ1) is 13.5. The van der Waals surface area contributed by atoms with Crippen LogP contribution in [0.1, 0.15) is 24.5 Å². The molecule has 0 atom stereocenters. The molecule has 2 aromatic carbocycles. The molecule has 2 N–H and O–H groups in total. The van der Waals surface area contributed by atoms with Crippen LogP contribution in [0.4, 0.5) is 0 Å². The van der Waals surface area contributed by atoms with Crippen molar-refractivity contribution in [3.63, 3.8) is 0 Å². The molecule has 0 aliphatic rings. The highest BCUT2D eigenvalue weighted by molar-refractivity contribution is 7.98. The lowest BCUT2D eigenvalue weighted by Crippen LogP contribution is -2.38. The summed E-state index contributed by atoms with van der Waals surface area (Å²) in [7, 11) is -3.24. The summed E-state index contributed by atoms with van der Waals surface area (Å²) in [5.41, 5.74) is 2.42.